The highest BCUT2D eigenvalue weighted by molar-refractivity contribution is 6.59. The molecule has 0 radical (unpaired) electrons. The van der Waals surface area contributed by atoms with Crippen LogP contribution in [0.5, 0.6) is 0 Å². The van der Waals surface area contributed by atoms with Crippen LogP contribution in [0, 0.1) is 0 Å². The number of rotatable bonds is 22. The molecule has 0 unspecified atom stereocenters. The highest BCUT2D eigenvalue weighted by Crippen LogP contribution is 2.35. The molecule has 52 heavy (non-hydrogen) atoms. The van der Waals surface area contributed by atoms with E-state index in [2.05, 4.69) is 58.3 Å². The zero-order valence-electron chi connectivity index (χ0n) is 30.5. The summed E-state index contributed by atoms with van der Waals surface area (Å²) in [6.07, 6.45) is 8.49. The van der Waals surface area contributed by atoms with Gasteiger partial charge in [-0.1, -0.05) is 123 Å². The summed E-state index contributed by atoms with van der Waals surface area (Å²) in [7, 11) is -3.06. The Morgan fingerprint density at radius 3 is 1.08 bits per heavy atom. The molecule has 0 aliphatic rings. The van der Waals surface area contributed by atoms with Crippen LogP contribution in [0.15, 0.2) is 97.1 Å². The van der Waals surface area contributed by atoms with Crippen molar-refractivity contribution in [3.63, 3.8) is 0 Å². The van der Waals surface area contributed by atoms with Gasteiger partial charge in [0, 0.05) is 26.2 Å². The molecule has 0 amide bonds. The van der Waals surface area contributed by atoms with Gasteiger partial charge in [0.05, 0.1) is 0 Å². The number of hydrogen-bond acceptors (Lipinski definition) is 8. The van der Waals surface area contributed by atoms with Crippen LogP contribution in [0.25, 0.3) is 21.5 Å². The lowest BCUT2D eigenvalue weighted by molar-refractivity contribution is 0.251. The molecule has 0 saturated heterocycles. The van der Waals surface area contributed by atoms with Crippen molar-refractivity contribution < 1.29 is 20.1 Å². The van der Waals surface area contributed by atoms with Crippen molar-refractivity contribution in [2.75, 3.05) is 26.2 Å². The van der Waals surface area contributed by atoms with E-state index in [4.69, 9.17) is 11.5 Å². The molecule has 0 aliphatic heterocycles. The van der Waals surface area contributed by atoms with E-state index in [1.54, 1.807) is 12.1 Å². The van der Waals surface area contributed by atoms with Gasteiger partial charge < -0.3 is 31.6 Å². The minimum absolute atomic E-state index is 0.541. The second-order valence-electron chi connectivity index (χ2n) is 14.0. The molecule has 274 valence electrons. The number of nitrogens with zero attached hydrogens (tertiary/aromatic N) is 2. The molecule has 8 nitrogen and oxygen atoms in total. The van der Waals surface area contributed by atoms with Crippen LogP contribution in [0.4, 0.5) is 0 Å². The minimum Gasteiger partial charge on any atom is -0.423 e. The quantitative estimate of drug-likeness (QED) is 0.0355. The van der Waals surface area contributed by atoms with Gasteiger partial charge in [-0.2, -0.15) is 0 Å². The molecule has 5 aromatic carbocycles. The molecule has 10 heteroatoms. The first-order chi connectivity index (χ1) is 25.4. The van der Waals surface area contributed by atoms with Crippen LogP contribution in [0.2, 0.25) is 0 Å². The zero-order chi connectivity index (χ0) is 36.7. The summed E-state index contributed by atoms with van der Waals surface area (Å²) in [5.74, 6) is 0. The Balaban J connectivity index is 1.53. The van der Waals surface area contributed by atoms with Gasteiger partial charge in [0.2, 0.25) is 0 Å². The van der Waals surface area contributed by atoms with Crippen LogP contribution in [0.1, 0.15) is 73.6 Å². The fourth-order valence-corrected chi connectivity index (χ4v) is 7.53. The molecule has 0 aliphatic carbocycles. The van der Waals surface area contributed by atoms with E-state index in [0.717, 1.165) is 75.6 Å². The standard InChI is InChI=1S/C42H56B2N4O4/c45-25-13-1-3-15-27-47(29-33-17-5-11-23-41(33)43(49)50)31-39-35-19-7-9-21-37(35)40(38-22-10-8-20-36(38)39)32-48(28-16-4-2-14-26-46)30-34-18-6-12-24-42(34)44(51)52/h5-12,17-24,49-52H,1-4,13-16,25-32,45-46H2. The first kappa shape index (κ1) is 39.6. The summed E-state index contributed by atoms with van der Waals surface area (Å²) in [5.41, 5.74) is 17.0. The molecule has 5 rings (SSSR count). The van der Waals surface area contributed by atoms with E-state index in [1.807, 2.05) is 36.4 Å². The number of hydrogen-bond donors (Lipinski definition) is 6. The molecule has 5 aromatic rings. The van der Waals surface area contributed by atoms with E-state index >= 15 is 0 Å². The van der Waals surface area contributed by atoms with Crippen LogP contribution in [0.3, 0.4) is 0 Å². The normalized spacial score (nSPS) is 11.7. The zero-order valence-corrected chi connectivity index (χ0v) is 30.5. The van der Waals surface area contributed by atoms with Crippen molar-refractivity contribution >= 4 is 46.7 Å². The Hall–Kier alpha value is -3.57. The maximum absolute atomic E-state index is 10.2. The van der Waals surface area contributed by atoms with E-state index in [1.165, 1.54) is 32.7 Å². The SMILES string of the molecule is NCCCCCCN(Cc1ccccc1B(O)O)Cc1c2ccccc2c(CN(CCCCCCN)Cc2ccccc2B(O)O)c2ccccc12. The summed E-state index contributed by atoms with van der Waals surface area (Å²) < 4.78 is 0. The second kappa shape index (κ2) is 20.6. The van der Waals surface area contributed by atoms with E-state index in [-0.39, 0.29) is 0 Å². The molecular formula is C42H56B2N4O4. The molecule has 0 atom stereocenters. The van der Waals surface area contributed by atoms with Gasteiger partial charge >= 0.3 is 14.2 Å². The first-order valence-corrected chi connectivity index (χ1v) is 19.0. The third-order valence-corrected chi connectivity index (χ3v) is 10.2. The smallest absolute Gasteiger partial charge is 0.423 e. The largest absolute Gasteiger partial charge is 0.488 e. The average Bonchev–Trinajstić information content (AvgIpc) is 3.15. The minimum atomic E-state index is -1.53. The third-order valence-electron chi connectivity index (χ3n) is 10.2. The van der Waals surface area contributed by atoms with Gasteiger partial charge in [0.15, 0.2) is 0 Å². The Morgan fingerprint density at radius 2 is 0.731 bits per heavy atom. The topological polar surface area (TPSA) is 139 Å². The van der Waals surface area contributed by atoms with Crippen molar-refractivity contribution in [2.24, 2.45) is 11.5 Å². The molecule has 8 N–H and O–H groups in total. The average molecular weight is 703 g/mol. The first-order valence-electron chi connectivity index (χ1n) is 19.0. The molecule has 0 saturated carbocycles. The highest BCUT2D eigenvalue weighted by Gasteiger charge is 2.22. The lowest BCUT2D eigenvalue weighted by Gasteiger charge is -2.28. The predicted octanol–water partition coefficient (Wildman–Crippen LogP) is 4.40. The summed E-state index contributed by atoms with van der Waals surface area (Å²) in [6, 6.07) is 32.6. The molecule has 0 fully saturated rings. The molecule has 0 bridgehead atoms. The van der Waals surface area contributed by atoms with Gasteiger partial charge in [-0.3, -0.25) is 9.80 Å². The monoisotopic (exact) mass is 702 g/mol. The van der Waals surface area contributed by atoms with E-state index in [0.29, 0.717) is 50.2 Å². The van der Waals surface area contributed by atoms with Crippen LogP contribution >= 0.6 is 0 Å². The molecule has 0 spiro atoms. The maximum Gasteiger partial charge on any atom is 0.488 e. The summed E-state index contributed by atoms with van der Waals surface area (Å²) in [6.45, 7) is 5.78. The van der Waals surface area contributed by atoms with E-state index in [9.17, 15) is 20.1 Å². The second-order valence-corrected chi connectivity index (χ2v) is 14.0. The van der Waals surface area contributed by atoms with Crippen molar-refractivity contribution in [1.29, 1.82) is 0 Å². The van der Waals surface area contributed by atoms with Crippen LogP contribution in [-0.4, -0.2) is 70.3 Å². The summed E-state index contributed by atoms with van der Waals surface area (Å²) in [4.78, 5) is 4.89. The summed E-state index contributed by atoms with van der Waals surface area (Å²) >= 11 is 0. The van der Waals surface area contributed by atoms with E-state index < -0.39 is 14.2 Å². The van der Waals surface area contributed by atoms with Gasteiger partial charge in [-0.25, -0.2) is 0 Å². The Morgan fingerprint density at radius 1 is 0.404 bits per heavy atom. The van der Waals surface area contributed by atoms with Crippen molar-refractivity contribution in [2.45, 2.75) is 77.5 Å². The highest BCUT2D eigenvalue weighted by atomic mass is 16.4. The van der Waals surface area contributed by atoms with Crippen molar-refractivity contribution in [3.8, 4) is 0 Å². The summed E-state index contributed by atoms with van der Waals surface area (Å²) in [5, 5.41) is 45.6. The van der Waals surface area contributed by atoms with Gasteiger partial charge in [0.1, 0.15) is 0 Å². The molecular weight excluding hydrogens is 646 g/mol. The number of fused-ring (bicyclic) bond motifs is 2. The van der Waals surface area contributed by atoms with Crippen molar-refractivity contribution in [3.05, 3.63) is 119 Å². The molecule has 0 heterocycles. The fourth-order valence-electron chi connectivity index (χ4n) is 7.53. The van der Waals surface area contributed by atoms with Crippen LogP contribution in [-0.2, 0) is 26.2 Å². The lowest BCUT2D eigenvalue weighted by Crippen LogP contribution is -2.36. The van der Waals surface area contributed by atoms with Gasteiger partial charge in [-0.15, -0.1) is 0 Å². The van der Waals surface area contributed by atoms with Gasteiger partial charge in [-0.05, 0) is 107 Å². The molecule has 0 aromatic heterocycles. The van der Waals surface area contributed by atoms with Crippen molar-refractivity contribution in [1.82, 2.24) is 9.80 Å². The Bertz CT molecular complexity index is 1650. The van der Waals surface area contributed by atoms with Crippen LogP contribution < -0.4 is 22.4 Å². The van der Waals surface area contributed by atoms with Gasteiger partial charge in [0.25, 0.3) is 0 Å². The number of unbranched alkanes of at least 4 members (excludes halogenated alkanes) is 6. The maximum atomic E-state index is 10.2. The number of nitrogens with two attached hydrogens (primary N) is 2. The Kier molecular flexibility index (Phi) is 15.7. The Labute approximate surface area is 310 Å². The third kappa shape index (κ3) is 10.7. The fraction of sp³-hybridized carbons (Fsp3) is 0.381. The predicted molar refractivity (Wildman–Crippen MR) is 217 cm³/mol. The lowest BCUT2D eigenvalue weighted by atomic mass is 9.77. The number of benzene rings is 5.